The Balaban J connectivity index is 1.91. The molecular weight excluding hydrogens is 266 g/mol. The molecule has 0 bridgehead atoms. The first-order valence-corrected chi connectivity index (χ1v) is 9.03. The van der Waals surface area contributed by atoms with Gasteiger partial charge in [-0.1, -0.05) is 63.5 Å². The van der Waals surface area contributed by atoms with E-state index in [1.165, 1.54) is 61.8 Å². The molecule has 0 amide bonds. The fourth-order valence-corrected chi connectivity index (χ4v) is 3.26. The van der Waals surface area contributed by atoms with Crippen molar-refractivity contribution in [1.29, 1.82) is 0 Å². The van der Waals surface area contributed by atoms with Gasteiger partial charge in [-0.2, -0.15) is 0 Å². The number of nitrogens with zero attached hydrogens (tertiary/aromatic N) is 1. The standard InChI is InChI=1S/C21H32N/c1-4-5-6-7-9-19-10-8-11-21(16-19)20-12-14-22(15-13-20)17-18(2)3/h8,10-12,16,18H,2,4-7,9,13-15,17H2,1,3H3. The molecule has 0 aliphatic carbocycles. The predicted octanol–water partition coefficient (Wildman–Crippen LogP) is 5.37. The zero-order valence-corrected chi connectivity index (χ0v) is 14.5. The lowest BCUT2D eigenvalue weighted by Gasteiger charge is -2.28. The Kier molecular flexibility index (Phi) is 7.18. The van der Waals surface area contributed by atoms with E-state index in [-0.39, 0.29) is 0 Å². The first kappa shape index (κ1) is 17.3. The molecule has 1 heterocycles. The summed E-state index contributed by atoms with van der Waals surface area (Å²) < 4.78 is 0. The molecule has 0 N–H and O–H groups in total. The van der Waals surface area contributed by atoms with Crippen LogP contribution >= 0.6 is 0 Å². The van der Waals surface area contributed by atoms with Crippen molar-refractivity contribution in [2.75, 3.05) is 19.6 Å². The average molecular weight is 298 g/mol. The molecule has 0 saturated carbocycles. The summed E-state index contributed by atoms with van der Waals surface area (Å²) in [5.41, 5.74) is 4.47. The third-order valence-electron chi connectivity index (χ3n) is 4.48. The van der Waals surface area contributed by atoms with Crippen molar-refractivity contribution in [1.82, 2.24) is 4.90 Å². The number of benzene rings is 1. The molecule has 22 heavy (non-hydrogen) atoms. The number of aryl methyl sites for hydroxylation is 1. The van der Waals surface area contributed by atoms with Crippen LogP contribution in [0.25, 0.3) is 5.57 Å². The van der Waals surface area contributed by atoms with Crippen LogP contribution in [0, 0.1) is 12.8 Å². The lowest BCUT2D eigenvalue weighted by Crippen LogP contribution is -2.31. The van der Waals surface area contributed by atoms with Gasteiger partial charge in [0.1, 0.15) is 0 Å². The molecule has 1 heteroatoms. The summed E-state index contributed by atoms with van der Waals surface area (Å²) in [5, 5.41) is 0. The van der Waals surface area contributed by atoms with Gasteiger partial charge >= 0.3 is 0 Å². The molecule has 0 spiro atoms. The van der Waals surface area contributed by atoms with Gasteiger partial charge in [0.15, 0.2) is 0 Å². The summed E-state index contributed by atoms with van der Waals surface area (Å²) >= 11 is 0. The molecule has 1 atom stereocenters. The largest absolute Gasteiger partial charge is 0.299 e. The Labute approximate surface area is 137 Å². The monoisotopic (exact) mass is 298 g/mol. The quantitative estimate of drug-likeness (QED) is 0.583. The summed E-state index contributed by atoms with van der Waals surface area (Å²) in [6, 6.07) is 9.21. The van der Waals surface area contributed by atoms with Gasteiger partial charge in [0.25, 0.3) is 0 Å². The van der Waals surface area contributed by atoms with Gasteiger partial charge in [0, 0.05) is 19.6 Å². The van der Waals surface area contributed by atoms with Crippen molar-refractivity contribution < 1.29 is 0 Å². The summed E-state index contributed by atoms with van der Waals surface area (Å²) in [6.07, 6.45) is 10.2. The highest BCUT2D eigenvalue weighted by Gasteiger charge is 2.13. The molecule has 0 aromatic heterocycles. The smallest absolute Gasteiger partial charge is 0.0169 e. The van der Waals surface area contributed by atoms with Gasteiger partial charge in [0.05, 0.1) is 0 Å². The second-order valence-electron chi connectivity index (χ2n) is 6.86. The van der Waals surface area contributed by atoms with E-state index in [9.17, 15) is 0 Å². The van der Waals surface area contributed by atoms with E-state index in [4.69, 9.17) is 0 Å². The highest BCUT2D eigenvalue weighted by atomic mass is 15.1. The molecule has 1 aromatic rings. The van der Waals surface area contributed by atoms with Crippen LogP contribution < -0.4 is 0 Å². The number of hydrogen-bond donors (Lipinski definition) is 0. The fraction of sp³-hybridized carbons (Fsp3) is 0.571. The predicted molar refractivity (Wildman–Crippen MR) is 97.8 cm³/mol. The second-order valence-corrected chi connectivity index (χ2v) is 6.86. The molecule has 1 aliphatic rings. The second kappa shape index (κ2) is 9.15. The topological polar surface area (TPSA) is 3.24 Å². The number of hydrogen-bond acceptors (Lipinski definition) is 1. The normalized spacial score (nSPS) is 16.1. The van der Waals surface area contributed by atoms with Crippen molar-refractivity contribution in [2.45, 2.75) is 52.4 Å². The maximum atomic E-state index is 4.10. The summed E-state index contributed by atoms with van der Waals surface area (Å²) in [7, 11) is 0. The Hall–Kier alpha value is -1.08. The number of rotatable bonds is 8. The lowest BCUT2D eigenvalue weighted by atomic mass is 9.96. The SMILES string of the molecule is [CH2]C(C)CN1CC=C(c2cccc(CCCCCC)c2)CC1. The van der Waals surface area contributed by atoms with E-state index in [0.29, 0.717) is 5.92 Å². The van der Waals surface area contributed by atoms with Crippen molar-refractivity contribution in [3.63, 3.8) is 0 Å². The summed E-state index contributed by atoms with van der Waals surface area (Å²) in [6.45, 7) is 11.9. The van der Waals surface area contributed by atoms with Gasteiger partial charge < -0.3 is 0 Å². The highest BCUT2D eigenvalue weighted by molar-refractivity contribution is 5.67. The first-order valence-electron chi connectivity index (χ1n) is 9.03. The zero-order chi connectivity index (χ0) is 15.8. The molecule has 1 aliphatic heterocycles. The lowest BCUT2D eigenvalue weighted by molar-refractivity contribution is 0.278. The van der Waals surface area contributed by atoms with Crippen LogP contribution in [0.1, 0.15) is 57.1 Å². The average Bonchev–Trinajstić information content (AvgIpc) is 2.52. The minimum Gasteiger partial charge on any atom is -0.299 e. The van der Waals surface area contributed by atoms with Crippen molar-refractivity contribution in [2.24, 2.45) is 5.92 Å². The number of unbranched alkanes of at least 4 members (excludes halogenated alkanes) is 3. The molecule has 1 nitrogen and oxygen atoms in total. The minimum atomic E-state index is 0.515. The fourth-order valence-electron chi connectivity index (χ4n) is 3.26. The molecule has 0 fully saturated rings. The van der Waals surface area contributed by atoms with E-state index in [2.05, 4.69) is 56.0 Å². The maximum absolute atomic E-state index is 4.10. The molecule has 121 valence electrons. The van der Waals surface area contributed by atoms with Crippen LogP contribution in [0.15, 0.2) is 30.3 Å². The van der Waals surface area contributed by atoms with Crippen molar-refractivity contribution in [3.05, 3.63) is 48.4 Å². The Morgan fingerprint density at radius 1 is 1.23 bits per heavy atom. The van der Waals surface area contributed by atoms with Crippen LogP contribution in [0.4, 0.5) is 0 Å². The van der Waals surface area contributed by atoms with Crippen molar-refractivity contribution >= 4 is 5.57 Å². The van der Waals surface area contributed by atoms with Gasteiger partial charge in [-0.3, -0.25) is 4.90 Å². The third kappa shape index (κ3) is 5.61. The minimum absolute atomic E-state index is 0.515. The first-order chi connectivity index (χ1) is 10.7. The zero-order valence-electron chi connectivity index (χ0n) is 14.5. The third-order valence-corrected chi connectivity index (χ3v) is 4.48. The van der Waals surface area contributed by atoms with Crippen LogP contribution in [-0.4, -0.2) is 24.5 Å². The molecule has 1 unspecified atom stereocenters. The van der Waals surface area contributed by atoms with Crippen LogP contribution in [0.3, 0.4) is 0 Å². The molecule has 0 saturated heterocycles. The van der Waals surface area contributed by atoms with E-state index in [0.717, 1.165) is 13.1 Å². The maximum Gasteiger partial charge on any atom is 0.0169 e. The van der Waals surface area contributed by atoms with Gasteiger partial charge in [-0.15, -0.1) is 0 Å². The molecular formula is C21H32N. The molecule has 2 rings (SSSR count). The van der Waals surface area contributed by atoms with E-state index in [1.54, 1.807) is 0 Å². The van der Waals surface area contributed by atoms with E-state index >= 15 is 0 Å². The van der Waals surface area contributed by atoms with Gasteiger partial charge in [-0.05, 0) is 48.8 Å². The summed E-state index contributed by atoms with van der Waals surface area (Å²) in [4.78, 5) is 2.51. The van der Waals surface area contributed by atoms with E-state index in [1.807, 2.05) is 0 Å². The Morgan fingerprint density at radius 3 is 2.77 bits per heavy atom. The van der Waals surface area contributed by atoms with Crippen molar-refractivity contribution in [3.8, 4) is 0 Å². The van der Waals surface area contributed by atoms with Gasteiger partial charge in [-0.25, -0.2) is 0 Å². The van der Waals surface area contributed by atoms with Crippen LogP contribution in [0.2, 0.25) is 0 Å². The Morgan fingerprint density at radius 2 is 2.09 bits per heavy atom. The van der Waals surface area contributed by atoms with Crippen LogP contribution in [0.5, 0.6) is 0 Å². The van der Waals surface area contributed by atoms with Gasteiger partial charge in [0.2, 0.25) is 0 Å². The molecule has 1 radical (unpaired) electrons. The highest BCUT2D eigenvalue weighted by Crippen LogP contribution is 2.24. The molecule has 1 aromatic carbocycles. The van der Waals surface area contributed by atoms with Crippen LogP contribution in [-0.2, 0) is 6.42 Å². The Bertz CT molecular complexity index is 473. The van der Waals surface area contributed by atoms with E-state index < -0.39 is 0 Å². The summed E-state index contributed by atoms with van der Waals surface area (Å²) in [5.74, 6) is 0.515.